The molecular formula is C15H22N2O. The molecule has 1 aromatic rings. The van der Waals surface area contributed by atoms with Gasteiger partial charge in [-0.15, -0.1) is 0 Å². The molecule has 1 saturated heterocycles. The molecule has 1 fully saturated rings. The molecule has 3 rings (SSSR count). The van der Waals surface area contributed by atoms with Crippen LogP contribution in [0.2, 0.25) is 0 Å². The van der Waals surface area contributed by atoms with Gasteiger partial charge in [-0.3, -0.25) is 4.90 Å². The fourth-order valence-corrected chi connectivity index (χ4v) is 3.50. The molecule has 3 nitrogen and oxygen atoms in total. The van der Waals surface area contributed by atoms with E-state index in [1.807, 2.05) is 0 Å². The van der Waals surface area contributed by atoms with E-state index in [1.165, 1.54) is 36.9 Å². The second-order valence-corrected chi connectivity index (χ2v) is 5.36. The van der Waals surface area contributed by atoms with E-state index in [-0.39, 0.29) is 0 Å². The lowest BCUT2D eigenvalue weighted by atomic mass is 9.84. The van der Waals surface area contributed by atoms with Crippen molar-refractivity contribution in [1.29, 1.82) is 0 Å². The largest absolute Gasteiger partial charge is 0.497 e. The van der Waals surface area contributed by atoms with Gasteiger partial charge in [0.2, 0.25) is 0 Å². The third-order valence-electron chi connectivity index (χ3n) is 4.42. The van der Waals surface area contributed by atoms with Crippen molar-refractivity contribution in [3.05, 3.63) is 29.3 Å². The smallest absolute Gasteiger partial charge is 0.119 e. The minimum Gasteiger partial charge on any atom is -0.497 e. The summed E-state index contributed by atoms with van der Waals surface area (Å²) in [6, 6.07) is 7.62. The molecule has 0 radical (unpaired) electrons. The van der Waals surface area contributed by atoms with Crippen molar-refractivity contribution in [3.63, 3.8) is 0 Å². The van der Waals surface area contributed by atoms with E-state index < -0.39 is 0 Å². The van der Waals surface area contributed by atoms with Gasteiger partial charge < -0.3 is 10.1 Å². The zero-order valence-corrected chi connectivity index (χ0v) is 11.3. The lowest BCUT2D eigenvalue weighted by Gasteiger charge is -2.45. The van der Waals surface area contributed by atoms with Crippen LogP contribution < -0.4 is 10.1 Å². The quantitative estimate of drug-likeness (QED) is 0.866. The third-order valence-corrected chi connectivity index (χ3v) is 4.42. The Kier molecular flexibility index (Phi) is 3.27. The van der Waals surface area contributed by atoms with Crippen LogP contribution >= 0.6 is 0 Å². The first-order valence-electron chi connectivity index (χ1n) is 6.91. The van der Waals surface area contributed by atoms with Crippen LogP contribution in [-0.2, 0) is 6.54 Å². The summed E-state index contributed by atoms with van der Waals surface area (Å²) in [7, 11) is 3.82. The van der Waals surface area contributed by atoms with Crippen molar-refractivity contribution >= 4 is 0 Å². The number of hydrogen-bond donors (Lipinski definition) is 1. The molecule has 2 atom stereocenters. The summed E-state index contributed by atoms with van der Waals surface area (Å²) in [5.74, 6) is 0.971. The van der Waals surface area contributed by atoms with Crippen molar-refractivity contribution in [2.45, 2.75) is 37.9 Å². The van der Waals surface area contributed by atoms with Crippen LogP contribution in [0.5, 0.6) is 5.75 Å². The molecule has 0 unspecified atom stereocenters. The maximum absolute atomic E-state index is 5.37. The van der Waals surface area contributed by atoms with Gasteiger partial charge >= 0.3 is 0 Å². The number of methoxy groups -OCH3 is 1. The monoisotopic (exact) mass is 246 g/mol. The molecule has 98 valence electrons. The second kappa shape index (κ2) is 4.90. The average molecular weight is 246 g/mol. The zero-order chi connectivity index (χ0) is 12.5. The summed E-state index contributed by atoms with van der Waals surface area (Å²) in [6.45, 7) is 2.34. The molecule has 0 amide bonds. The highest BCUT2D eigenvalue weighted by Crippen LogP contribution is 2.37. The Morgan fingerprint density at radius 3 is 3.00 bits per heavy atom. The lowest BCUT2D eigenvalue weighted by molar-refractivity contribution is 0.0944. The van der Waals surface area contributed by atoms with E-state index in [2.05, 4.69) is 35.5 Å². The Morgan fingerprint density at radius 1 is 1.33 bits per heavy atom. The maximum Gasteiger partial charge on any atom is 0.119 e. The van der Waals surface area contributed by atoms with Crippen molar-refractivity contribution in [2.75, 3.05) is 20.7 Å². The van der Waals surface area contributed by atoms with Crippen molar-refractivity contribution in [2.24, 2.45) is 0 Å². The van der Waals surface area contributed by atoms with Crippen LogP contribution in [0, 0.1) is 0 Å². The van der Waals surface area contributed by atoms with Gasteiger partial charge in [-0.05, 0) is 49.7 Å². The minimum absolute atomic E-state index is 0.448. The Hall–Kier alpha value is -1.06. The normalized spacial score (nSPS) is 27.4. The topological polar surface area (TPSA) is 24.5 Å². The zero-order valence-electron chi connectivity index (χ0n) is 11.3. The van der Waals surface area contributed by atoms with Gasteiger partial charge in [-0.25, -0.2) is 0 Å². The minimum atomic E-state index is 0.448. The lowest BCUT2D eigenvalue weighted by Crippen LogP contribution is -2.49. The van der Waals surface area contributed by atoms with Crippen LogP contribution in [0.4, 0.5) is 0 Å². The van der Waals surface area contributed by atoms with Gasteiger partial charge in [-0.1, -0.05) is 12.5 Å². The predicted octanol–water partition coefficient (Wildman–Crippen LogP) is 2.32. The molecule has 0 aromatic heterocycles. The summed E-state index contributed by atoms with van der Waals surface area (Å²) in [5.41, 5.74) is 2.88. The molecule has 2 aliphatic heterocycles. The first-order chi connectivity index (χ1) is 8.83. The number of piperidine rings is 1. The number of likely N-dealkylation sites (N-methyl/N-ethyl adjacent to an activating group) is 1. The molecule has 2 heterocycles. The number of rotatable bonds is 2. The summed E-state index contributed by atoms with van der Waals surface area (Å²) in [6.07, 6.45) is 4.01. The SMILES string of the molecule is CN[C@@H]1c2cc(OC)ccc2CN2CCCC[C@@H]12. The maximum atomic E-state index is 5.37. The van der Waals surface area contributed by atoms with E-state index in [4.69, 9.17) is 4.74 Å². The molecule has 3 heteroatoms. The highest BCUT2D eigenvalue weighted by atomic mass is 16.5. The number of nitrogens with zero attached hydrogens (tertiary/aromatic N) is 1. The van der Waals surface area contributed by atoms with Crippen molar-refractivity contribution < 1.29 is 4.74 Å². The standard InChI is InChI=1S/C15H22N2O/c1-16-15-13-9-12(18-2)7-6-11(13)10-17-8-4-3-5-14(15)17/h6-7,9,14-16H,3-5,8,10H2,1-2H3/t14-,15+/m0/s1. The van der Waals surface area contributed by atoms with E-state index in [0.29, 0.717) is 12.1 Å². The van der Waals surface area contributed by atoms with Gasteiger partial charge in [0.25, 0.3) is 0 Å². The summed E-state index contributed by atoms with van der Waals surface area (Å²) >= 11 is 0. The molecular weight excluding hydrogens is 224 g/mol. The highest BCUT2D eigenvalue weighted by Gasteiger charge is 2.35. The fourth-order valence-electron chi connectivity index (χ4n) is 3.50. The van der Waals surface area contributed by atoms with Crippen molar-refractivity contribution in [3.8, 4) is 5.75 Å². The average Bonchev–Trinajstić information content (AvgIpc) is 2.44. The first kappa shape index (κ1) is 12.0. The van der Waals surface area contributed by atoms with Crippen LogP contribution in [-0.4, -0.2) is 31.6 Å². The van der Waals surface area contributed by atoms with Crippen molar-refractivity contribution in [1.82, 2.24) is 10.2 Å². The summed E-state index contributed by atoms with van der Waals surface area (Å²) in [5, 5.41) is 3.51. The number of nitrogens with one attached hydrogen (secondary N) is 1. The van der Waals surface area contributed by atoms with Crippen LogP contribution in [0.3, 0.4) is 0 Å². The van der Waals surface area contributed by atoms with Gasteiger partial charge in [0.15, 0.2) is 0 Å². The summed E-state index contributed by atoms with van der Waals surface area (Å²) in [4.78, 5) is 2.64. The highest BCUT2D eigenvalue weighted by molar-refractivity contribution is 5.40. The van der Waals surface area contributed by atoms with Crippen LogP contribution in [0.15, 0.2) is 18.2 Å². The van der Waals surface area contributed by atoms with E-state index in [1.54, 1.807) is 7.11 Å². The fraction of sp³-hybridized carbons (Fsp3) is 0.600. The van der Waals surface area contributed by atoms with E-state index in [0.717, 1.165) is 12.3 Å². The molecule has 0 aliphatic carbocycles. The van der Waals surface area contributed by atoms with Gasteiger partial charge in [-0.2, -0.15) is 0 Å². The first-order valence-corrected chi connectivity index (χ1v) is 6.91. The van der Waals surface area contributed by atoms with Gasteiger partial charge in [0.05, 0.1) is 7.11 Å². The summed E-state index contributed by atoms with van der Waals surface area (Å²) < 4.78 is 5.37. The molecule has 0 spiro atoms. The van der Waals surface area contributed by atoms with Crippen LogP contribution in [0.1, 0.15) is 36.4 Å². The molecule has 2 aliphatic rings. The number of ether oxygens (including phenoxy) is 1. The Bertz CT molecular complexity index is 433. The second-order valence-electron chi connectivity index (χ2n) is 5.36. The van der Waals surface area contributed by atoms with E-state index >= 15 is 0 Å². The molecule has 1 aromatic carbocycles. The van der Waals surface area contributed by atoms with E-state index in [9.17, 15) is 0 Å². The Balaban J connectivity index is 1.99. The van der Waals surface area contributed by atoms with Gasteiger partial charge in [0, 0.05) is 18.6 Å². The molecule has 0 saturated carbocycles. The third kappa shape index (κ3) is 1.91. The number of fused-ring (bicyclic) bond motifs is 2. The van der Waals surface area contributed by atoms with Crippen LogP contribution in [0.25, 0.3) is 0 Å². The molecule has 1 N–H and O–H groups in total. The van der Waals surface area contributed by atoms with Gasteiger partial charge in [0.1, 0.15) is 5.75 Å². The number of benzene rings is 1. The predicted molar refractivity (Wildman–Crippen MR) is 72.8 cm³/mol. The Morgan fingerprint density at radius 2 is 2.22 bits per heavy atom. The Labute approximate surface area is 109 Å². The number of hydrogen-bond acceptors (Lipinski definition) is 3. The molecule has 0 bridgehead atoms. The molecule has 18 heavy (non-hydrogen) atoms.